The number of fused-ring (bicyclic) bond motifs is 3. The monoisotopic (exact) mass is 591 g/mol. The number of aldehydes is 1. The molecule has 0 saturated carbocycles. The van der Waals surface area contributed by atoms with Crippen molar-refractivity contribution in [3.63, 3.8) is 0 Å². The molecule has 2 aliphatic heterocycles. The fraction of sp³-hybridized carbons (Fsp3) is 0.323. The molecule has 1 aliphatic carbocycles. The molecule has 1 saturated heterocycles. The lowest BCUT2D eigenvalue weighted by Gasteiger charge is -2.38. The molecule has 6 rings (SSSR count). The Hall–Kier alpha value is -3.59. The number of likely N-dealkylation sites (N-methyl/N-ethyl adjacent to an activating group) is 1. The van der Waals surface area contributed by atoms with E-state index in [1.807, 2.05) is 11.0 Å². The number of aryl methyl sites for hydroxylation is 1. The average molecular weight is 593 g/mol. The Morgan fingerprint density at radius 3 is 2.59 bits per heavy atom. The van der Waals surface area contributed by atoms with Crippen LogP contribution in [-0.4, -0.2) is 78.2 Å². The van der Waals surface area contributed by atoms with Crippen molar-refractivity contribution in [2.45, 2.75) is 25.8 Å². The molecule has 3 aromatic rings. The average Bonchev–Trinajstić information content (AvgIpc) is 3.36. The molecule has 1 N–H and O–H groups in total. The van der Waals surface area contributed by atoms with Gasteiger partial charge >= 0.3 is 0 Å². The summed E-state index contributed by atoms with van der Waals surface area (Å²) in [6.07, 6.45) is 5.79. The Morgan fingerprint density at radius 1 is 1.10 bits per heavy atom. The second kappa shape index (κ2) is 11.0. The molecule has 0 spiro atoms. The molecule has 3 aliphatic rings. The van der Waals surface area contributed by atoms with Crippen LogP contribution in [0.25, 0.3) is 22.5 Å². The number of dihydropyridines is 1. The quantitative estimate of drug-likeness (QED) is 0.429. The van der Waals surface area contributed by atoms with Crippen LogP contribution >= 0.6 is 23.2 Å². The molecule has 1 unspecified atom stereocenters. The minimum atomic E-state index is -0.0640. The van der Waals surface area contributed by atoms with Crippen LogP contribution in [-0.2, 0) is 17.6 Å². The fourth-order valence-electron chi connectivity index (χ4n) is 6.10. The second-order valence-corrected chi connectivity index (χ2v) is 11.7. The largest absolute Gasteiger partial charge is 0.496 e. The summed E-state index contributed by atoms with van der Waals surface area (Å²) in [6.45, 7) is 4.90. The van der Waals surface area contributed by atoms with Crippen molar-refractivity contribution in [3.8, 4) is 22.7 Å². The standard InChI is InChI=1S/C31H31Cl2N5O3/c1-18-16-36(2)6-7-37(18)31(40)29-25-5-4-20-9-28(41-3)26(21-8-19(17-39)14-34-15-21)13-27(20)30(25)38(35-29)24-11-22(32)10-23(33)12-24/h8-14,17-18,34H,4-7,15-16H2,1-3H3. The van der Waals surface area contributed by atoms with Gasteiger partial charge in [0.2, 0.25) is 0 Å². The zero-order valence-electron chi connectivity index (χ0n) is 23.2. The van der Waals surface area contributed by atoms with Crippen molar-refractivity contribution in [2.75, 3.05) is 40.3 Å². The Balaban J connectivity index is 1.56. The molecule has 0 radical (unpaired) electrons. The zero-order valence-corrected chi connectivity index (χ0v) is 24.7. The van der Waals surface area contributed by atoms with Crippen LogP contribution in [0.15, 0.2) is 48.2 Å². The van der Waals surface area contributed by atoms with Gasteiger partial charge in [-0.15, -0.1) is 0 Å². The summed E-state index contributed by atoms with van der Waals surface area (Å²) < 4.78 is 7.62. The molecular formula is C31H31Cl2N5O3. The third-order valence-electron chi connectivity index (χ3n) is 8.08. The van der Waals surface area contributed by atoms with Crippen LogP contribution in [0.1, 0.15) is 34.1 Å². The third-order valence-corrected chi connectivity index (χ3v) is 8.51. The number of halogens is 2. The van der Waals surface area contributed by atoms with E-state index in [9.17, 15) is 9.59 Å². The summed E-state index contributed by atoms with van der Waals surface area (Å²) in [4.78, 5) is 29.8. The number of ether oxygens (including phenoxy) is 1. The van der Waals surface area contributed by atoms with Gasteiger partial charge in [0.25, 0.3) is 5.91 Å². The molecule has 1 aromatic heterocycles. The van der Waals surface area contributed by atoms with Crippen LogP contribution in [0.5, 0.6) is 5.75 Å². The summed E-state index contributed by atoms with van der Waals surface area (Å²) in [7, 11) is 3.73. The maximum atomic E-state index is 14.1. The number of hydrogen-bond acceptors (Lipinski definition) is 6. The number of carbonyl (C=O) groups excluding carboxylic acids is 2. The highest BCUT2D eigenvalue weighted by Gasteiger charge is 2.35. The van der Waals surface area contributed by atoms with E-state index in [1.54, 1.807) is 36.2 Å². The predicted molar refractivity (Wildman–Crippen MR) is 161 cm³/mol. The number of hydrogen-bond donors (Lipinski definition) is 1. The van der Waals surface area contributed by atoms with Crippen molar-refractivity contribution in [3.05, 3.63) is 80.6 Å². The Kier molecular flexibility index (Phi) is 7.40. The fourth-order valence-corrected chi connectivity index (χ4v) is 6.62. The van der Waals surface area contributed by atoms with Crippen LogP contribution < -0.4 is 10.1 Å². The molecule has 1 amide bonds. The van der Waals surface area contributed by atoms with Gasteiger partial charge in [-0.3, -0.25) is 9.59 Å². The van der Waals surface area contributed by atoms with Crippen molar-refractivity contribution >= 4 is 41.0 Å². The van der Waals surface area contributed by atoms with Crippen LogP contribution in [0.4, 0.5) is 0 Å². The summed E-state index contributed by atoms with van der Waals surface area (Å²) in [5.41, 5.74) is 7.30. The molecule has 1 fully saturated rings. The van der Waals surface area contributed by atoms with E-state index in [1.165, 1.54) is 0 Å². The van der Waals surface area contributed by atoms with Gasteiger partial charge in [0.05, 0.1) is 18.5 Å². The SMILES string of the molecule is COc1cc2c(cc1C1=CC(C=O)=CNC1)-c1c(c(C(=O)N3CCN(C)CC3C)nn1-c1cc(Cl)cc(Cl)c1)CC2. The van der Waals surface area contributed by atoms with Gasteiger partial charge in [0, 0.05) is 70.7 Å². The van der Waals surface area contributed by atoms with Gasteiger partial charge in [0.1, 0.15) is 5.75 Å². The first-order valence-electron chi connectivity index (χ1n) is 13.7. The Morgan fingerprint density at radius 2 is 1.88 bits per heavy atom. The van der Waals surface area contributed by atoms with E-state index in [-0.39, 0.29) is 11.9 Å². The first-order valence-corrected chi connectivity index (χ1v) is 14.4. The number of amides is 1. The predicted octanol–water partition coefficient (Wildman–Crippen LogP) is 4.80. The summed E-state index contributed by atoms with van der Waals surface area (Å²) in [6, 6.07) is 9.50. The minimum Gasteiger partial charge on any atom is -0.496 e. The first-order chi connectivity index (χ1) is 19.8. The molecule has 41 heavy (non-hydrogen) atoms. The number of carbonyl (C=O) groups is 2. The van der Waals surface area contributed by atoms with Crippen LogP contribution in [0, 0.1) is 0 Å². The number of allylic oxidation sites excluding steroid dienone is 2. The first kappa shape index (κ1) is 27.6. The van der Waals surface area contributed by atoms with Gasteiger partial charge in [-0.2, -0.15) is 5.10 Å². The molecule has 2 aromatic carbocycles. The number of methoxy groups -OCH3 is 1. The molecular weight excluding hydrogens is 561 g/mol. The lowest BCUT2D eigenvalue weighted by molar-refractivity contribution is -0.104. The number of aromatic nitrogens is 2. The topological polar surface area (TPSA) is 79.7 Å². The highest BCUT2D eigenvalue weighted by Crippen LogP contribution is 2.42. The highest BCUT2D eigenvalue weighted by molar-refractivity contribution is 6.34. The summed E-state index contributed by atoms with van der Waals surface area (Å²) in [5, 5.41) is 9.11. The number of benzene rings is 2. The third kappa shape index (κ3) is 5.05. The molecule has 212 valence electrons. The van der Waals surface area contributed by atoms with Gasteiger partial charge in [0.15, 0.2) is 12.0 Å². The molecule has 1 atom stereocenters. The maximum absolute atomic E-state index is 14.1. The molecule has 10 heteroatoms. The number of nitrogens with one attached hydrogen (secondary N) is 1. The number of rotatable bonds is 5. The smallest absolute Gasteiger partial charge is 0.275 e. The second-order valence-electron chi connectivity index (χ2n) is 10.8. The van der Waals surface area contributed by atoms with Crippen LogP contribution in [0.2, 0.25) is 10.0 Å². The van der Waals surface area contributed by atoms with E-state index in [0.29, 0.717) is 46.5 Å². The normalized spacial score (nSPS) is 18.6. The van der Waals surface area contributed by atoms with Crippen molar-refractivity contribution < 1.29 is 14.3 Å². The van der Waals surface area contributed by atoms with E-state index >= 15 is 0 Å². The van der Waals surface area contributed by atoms with Gasteiger partial charge in [-0.1, -0.05) is 23.2 Å². The van der Waals surface area contributed by atoms with Crippen molar-refractivity contribution in [1.29, 1.82) is 0 Å². The Labute approximate surface area is 249 Å². The summed E-state index contributed by atoms with van der Waals surface area (Å²) in [5.74, 6) is 0.665. The van der Waals surface area contributed by atoms with Crippen molar-refractivity contribution in [1.82, 2.24) is 24.9 Å². The van der Waals surface area contributed by atoms with Gasteiger partial charge < -0.3 is 19.9 Å². The number of piperazine rings is 1. The lowest BCUT2D eigenvalue weighted by atomic mass is 9.85. The lowest BCUT2D eigenvalue weighted by Crippen LogP contribution is -2.53. The van der Waals surface area contributed by atoms with Crippen molar-refractivity contribution in [2.24, 2.45) is 0 Å². The van der Waals surface area contributed by atoms with E-state index < -0.39 is 0 Å². The van der Waals surface area contributed by atoms with E-state index in [2.05, 4.69) is 36.3 Å². The van der Waals surface area contributed by atoms with Gasteiger partial charge in [-0.25, -0.2) is 4.68 Å². The zero-order chi connectivity index (χ0) is 28.8. The highest BCUT2D eigenvalue weighted by atomic mass is 35.5. The minimum absolute atomic E-state index is 0.0640. The number of nitrogens with zero attached hydrogens (tertiary/aromatic N) is 4. The Bertz CT molecular complexity index is 1610. The molecule has 8 nitrogen and oxygen atoms in total. The molecule has 3 heterocycles. The maximum Gasteiger partial charge on any atom is 0.275 e. The van der Waals surface area contributed by atoms with E-state index in [0.717, 1.165) is 65.1 Å². The summed E-state index contributed by atoms with van der Waals surface area (Å²) >= 11 is 12.9. The van der Waals surface area contributed by atoms with Crippen LogP contribution in [0.3, 0.4) is 0 Å². The molecule has 0 bridgehead atoms. The van der Waals surface area contributed by atoms with E-state index in [4.69, 9.17) is 33.0 Å². The van der Waals surface area contributed by atoms with Gasteiger partial charge in [-0.05, 0) is 74.4 Å².